The van der Waals surface area contributed by atoms with Crippen LogP contribution in [0.2, 0.25) is 0 Å². The molecule has 1 saturated carbocycles. The molecule has 16 heavy (non-hydrogen) atoms. The molecule has 0 aliphatic heterocycles. The van der Waals surface area contributed by atoms with Gasteiger partial charge in [0.1, 0.15) is 0 Å². The van der Waals surface area contributed by atoms with Crippen LogP contribution >= 0.6 is 11.3 Å². The normalized spacial score (nSPS) is 14.9. The maximum Gasteiger partial charge on any atom is 0.337 e. The van der Waals surface area contributed by atoms with E-state index in [-0.39, 0.29) is 17.5 Å². The second-order valence-corrected chi connectivity index (χ2v) is 5.45. The molecule has 0 unspecified atom stereocenters. The number of carbonyl (C=O) groups is 2. The molecule has 86 valence electrons. The number of hydrogen-bond donors (Lipinski definition) is 2. The van der Waals surface area contributed by atoms with Crippen molar-refractivity contribution >= 4 is 23.2 Å². The Morgan fingerprint density at radius 3 is 2.31 bits per heavy atom. The SMILES string of the molecule is Cc1sc(C)c(C(=O)NC2CC2)c1C(=O)O. The zero-order chi connectivity index (χ0) is 11.9. The molecule has 4 nitrogen and oxygen atoms in total. The van der Waals surface area contributed by atoms with Gasteiger partial charge in [-0.1, -0.05) is 0 Å². The van der Waals surface area contributed by atoms with Gasteiger partial charge in [0, 0.05) is 15.8 Å². The monoisotopic (exact) mass is 239 g/mol. The summed E-state index contributed by atoms with van der Waals surface area (Å²) in [5.74, 6) is -1.27. The van der Waals surface area contributed by atoms with Crippen LogP contribution in [0, 0.1) is 13.8 Å². The molecule has 0 atom stereocenters. The summed E-state index contributed by atoms with van der Waals surface area (Å²) in [6, 6.07) is 0.244. The standard InChI is InChI=1S/C11H13NO3S/c1-5-8(10(13)12-7-3-4-7)9(11(14)15)6(2)16-5/h7H,3-4H2,1-2H3,(H,12,13)(H,14,15). The summed E-state index contributed by atoms with van der Waals surface area (Å²) in [6.45, 7) is 3.51. The minimum absolute atomic E-state index is 0.153. The number of nitrogens with one attached hydrogen (secondary N) is 1. The van der Waals surface area contributed by atoms with Crippen molar-refractivity contribution in [2.75, 3.05) is 0 Å². The number of hydrogen-bond acceptors (Lipinski definition) is 3. The van der Waals surface area contributed by atoms with Crippen molar-refractivity contribution in [2.24, 2.45) is 0 Å². The first-order chi connectivity index (χ1) is 7.50. The zero-order valence-electron chi connectivity index (χ0n) is 9.16. The number of carboxylic acid groups (broad SMARTS) is 1. The molecular formula is C11H13NO3S. The summed E-state index contributed by atoms with van der Waals surface area (Å²) in [6.07, 6.45) is 1.99. The van der Waals surface area contributed by atoms with Crippen molar-refractivity contribution in [3.63, 3.8) is 0 Å². The van der Waals surface area contributed by atoms with Crippen LogP contribution in [-0.4, -0.2) is 23.0 Å². The Morgan fingerprint density at radius 1 is 1.25 bits per heavy atom. The molecular weight excluding hydrogens is 226 g/mol. The maximum absolute atomic E-state index is 11.9. The van der Waals surface area contributed by atoms with Crippen LogP contribution in [0.1, 0.15) is 43.3 Å². The number of carbonyl (C=O) groups excluding carboxylic acids is 1. The molecule has 2 N–H and O–H groups in total. The highest BCUT2D eigenvalue weighted by molar-refractivity contribution is 7.12. The largest absolute Gasteiger partial charge is 0.478 e. The Bertz CT molecular complexity index is 460. The highest BCUT2D eigenvalue weighted by atomic mass is 32.1. The highest BCUT2D eigenvalue weighted by Crippen LogP contribution is 2.28. The predicted molar refractivity (Wildman–Crippen MR) is 61.2 cm³/mol. The van der Waals surface area contributed by atoms with Gasteiger partial charge in [-0.05, 0) is 26.7 Å². The van der Waals surface area contributed by atoms with E-state index in [0.29, 0.717) is 10.4 Å². The molecule has 2 rings (SSSR count). The van der Waals surface area contributed by atoms with Crippen molar-refractivity contribution < 1.29 is 14.7 Å². The Labute approximate surface area is 97.3 Å². The number of thiophene rings is 1. The quantitative estimate of drug-likeness (QED) is 0.847. The summed E-state index contributed by atoms with van der Waals surface area (Å²) < 4.78 is 0. The lowest BCUT2D eigenvalue weighted by atomic mass is 10.1. The van der Waals surface area contributed by atoms with Crippen LogP contribution in [0.15, 0.2) is 0 Å². The van der Waals surface area contributed by atoms with Crippen LogP contribution in [0.3, 0.4) is 0 Å². The second-order valence-electron chi connectivity index (χ2n) is 4.02. The zero-order valence-corrected chi connectivity index (χ0v) is 9.98. The van der Waals surface area contributed by atoms with Crippen molar-refractivity contribution in [1.29, 1.82) is 0 Å². The topological polar surface area (TPSA) is 66.4 Å². The molecule has 1 aromatic rings. The van der Waals surface area contributed by atoms with Crippen molar-refractivity contribution in [3.05, 3.63) is 20.9 Å². The van der Waals surface area contributed by atoms with Gasteiger partial charge in [-0.25, -0.2) is 4.79 Å². The molecule has 0 saturated heterocycles. The van der Waals surface area contributed by atoms with Crippen LogP contribution in [0.4, 0.5) is 0 Å². The third-order valence-electron chi connectivity index (χ3n) is 2.61. The fourth-order valence-corrected chi connectivity index (χ4v) is 2.75. The lowest BCUT2D eigenvalue weighted by molar-refractivity contribution is 0.0691. The third kappa shape index (κ3) is 1.95. The number of amides is 1. The van der Waals surface area contributed by atoms with E-state index >= 15 is 0 Å². The summed E-state index contributed by atoms with van der Waals surface area (Å²) >= 11 is 1.36. The molecule has 1 heterocycles. The minimum Gasteiger partial charge on any atom is -0.478 e. The van der Waals surface area contributed by atoms with E-state index in [9.17, 15) is 9.59 Å². The number of carboxylic acids is 1. The van der Waals surface area contributed by atoms with Gasteiger partial charge in [-0.15, -0.1) is 11.3 Å². The third-order valence-corrected chi connectivity index (χ3v) is 3.63. The average molecular weight is 239 g/mol. The summed E-state index contributed by atoms with van der Waals surface area (Å²) in [5, 5.41) is 11.9. The molecule has 1 aromatic heterocycles. The molecule has 0 aromatic carbocycles. The Hall–Kier alpha value is -1.36. The fourth-order valence-electron chi connectivity index (χ4n) is 1.70. The smallest absolute Gasteiger partial charge is 0.337 e. The highest BCUT2D eigenvalue weighted by Gasteiger charge is 2.29. The van der Waals surface area contributed by atoms with Gasteiger partial charge < -0.3 is 10.4 Å². The van der Waals surface area contributed by atoms with Crippen LogP contribution < -0.4 is 5.32 Å². The van der Waals surface area contributed by atoms with Gasteiger partial charge in [0.15, 0.2) is 0 Å². The van der Waals surface area contributed by atoms with E-state index in [1.807, 2.05) is 0 Å². The predicted octanol–water partition coefficient (Wildman–Crippen LogP) is 1.96. The van der Waals surface area contributed by atoms with E-state index in [4.69, 9.17) is 5.11 Å². The number of rotatable bonds is 3. The van der Waals surface area contributed by atoms with E-state index in [1.165, 1.54) is 11.3 Å². The Balaban J connectivity index is 2.36. The molecule has 0 spiro atoms. The molecule has 1 fully saturated rings. The molecule has 5 heteroatoms. The Morgan fingerprint density at radius 2 is 1.81 bits per heavy atom. The first kappa shape index (κ1) is 11.1. The van der Waals surface area contributed by atoms with Gasteiger partial charge in [0.25, 0.3) is 5.91 Å². The second kappa shape index (κ2) is 3.90. The van der Waals surface area contributed by atoms with Crippen LogP contribution in [0.25, 0.3) is 0 Å². The molecule has 1 aliphatic rings. The minimum atomic E-state index is -1.03. The number of aryl methyl sites for hydroxylation is 2. The maximum atomic E-state index is 11.9. The number of aromatic carboxylic acids is 1. The van der Waals surface area contributed by atoms with Gasteiger partial charge in [0.2, 0.25) is 0 Å². The average Bonchev–Trinajstić information content (AvgIpc) is 2.90. The van der Waals surface area contributed by atoms with Crippen molar-refractivity contribution in [2.45, 2.75) is 32.7 Å². The fraction of sp³-hybridized carbons (Fsp3) is 0.455. The first-order valence-corrected chi connectivity index (χ1v) is 5.96. The Kier molecular flexibility index (Phi) is 2.71. The van der Waals surface area contributed by atoms with Crippen molar-refractivity contribution in [3.8, 4) is 0 Å². The van der Waals surface area contributed by atoms with E-state index in [2.05, 4.69) is 5.32 Å². The molecule has 1 amide bonds. The van der Waals surface area contributed by atoms with Gasteiger partial charge >= 0.3 is 5.97 Å². The summed E-state index contributed by atoms with van der Waals surface area (Å²) in [4.78, 5) is 24.4. The summed E-state index contributed by atoms with van der Waals surface area (Å²) in [5.41, 5.74) is 0.488. The van der Waals surface area contributed by atoms with Crippen molar-refractivity contribution in [1.82, 2.24) is 5.32 Å². The van der Waals surface area contributed by atoms with Crippen LogP contribution in [0.5, 0.6) is 0 Å². The van der Waals surface area contributed by atoms with Gasteiger partial charge in [-0.2, -0.15) is 0 Å². The lowest BCUT2D eigenvalue weighted by Crippen LogP contribution is -2.27. The molecule has 0 bridgehead atoms. The molecule has 1 aliphatic carbocycles. The van der Waals surface area contributed by atoms with E-state index in [0.717, 1.165) is 17.7 Å². The van der Waals surface area contributed by atoms with Gasteiger partial charge in [0.05, 0.1) is 11.1 Å². The van der Waals surface area contributed by atoms with Crippen LogP contribution in [-0.2, 0) is 0 Å². The van der Waals surface area contributed by atoms with E-state index in [1.54, 1.807) is 13.8 Å². The first-order valence-electron chi connectivity index (χ1n) is 5.15. The van der Waals surface area contributed by atoms with Gasteiger partial charge in [-0.3, -0.25) is 4.79 Å². The molecule has 0 radical (unpaired) electrons. The summed E-state index contributed by atoms with van der Waals surface area (Å²) in [7, 11) is 0. The van der Waals surface area contributed by atoms with E-state index < -0.39 is 5.97 Å². The lowest BCUT2D eigenvalue weighted by Gasteiger charge is -2.04.